The molecular formula is C35H48N4O7S. The predicted molar refractivity (Wildman–Crippen MR) is 179 cm³/mol. The summed E-state index contributed by atoms with van der Waals surface area (Å²) in [7, 11) is 0. The molecule has 4 rings (SSSR count). The molecule has 1 aliphatic rings. The molecule has 3 aromatic rings. The third kappa shape index (κ3) is 10.1. The van der Waals surface area contributed by atoms with Gasteiger partial charge in [-0.05, 0) is 44.2 Å². The first-order valence-corrected chi connectivity index (χ1v) is 17.5. The Balaban J connectivity index is 1.38. The highest BCUT2D eigenvalue weighted by Crippen LogP contribution is 2.33. The summed E-state index contributed by atoms with van der Waals surface area (Å²) >= 11 is 1.56. The van der Waals surface area contributed by atoms with E-state index in [9.17, 15) is 19.5 Å². The van der Waals surface area contributed by atoms with Gasteiger partial charge in [-0.25, -0.2) is 4.98 Å². The van der Waals surface area contributed by atoms with Crippen LogP contribution in [0.4, 0.5) is 0 Å². The molecule has 0 bridgehead atoms. The standard InChI is InChI=1S/C35H48N4O7S/c1-22(2)32(30-16-23(3)38-46-30)35(44)39-20-27(40)18-28(39)34(43)36-19-26-14-13-25(33-24(4)37-21-47-33)17-29(26)45-15-11-9-7-5-6-8-10-12-31(41)42/h13-14,16-17,21-22,27-28,32,40H,5-12,15,18-20H2,1-4H3,(H,36,43)(H,41,42)/t27-,28+,32?/m1/s1. The van der Waals surface area contributed by atoms with E-state index in [1.54, 1.807) is 24.3 Å². The van der Waals surface area contributed by atoms with Crippen molar-refractivity contribution in [2.24, 2.45) is 5.92 Å². The number of benzene rings is 1. The maximum absolute atomic E-state index is 13.7. The van der Waals surface area contributed by atoms with Gasteiger partial charge in [0.15, 0.2) is 0 Å². The van der Waals surface area contributed by atoms with E-state index in [0.717, 1.165) is 66.6 Å². The van der Waals surface area contributed by atoms with Gasteiger partial charge < -0.3 is 29.7 Å². The lowest BCUT2D eigenvalue weighted by Gasteiger charge is -2.28. The monoisotopic (exact) mass is 668 g/mol. The van der Waals surface area contributed by atoms with Crippen LogP contribution in [-0.2, 0) is 20.9 Å². The Kier molecular flexibility index (Phi) is 13.4. The SMILES string of the molecule is Cc1cc(C(C(=O)N2C[C@H](O)C[C@H]2C(=O)NCc2ccc(-c3scnc3C)cc2OCCCCCCCCCC(=O)O)C(C)C)on1. The van der Waals surface area contributed by atoms with Gasteiger partial charge in [-0.15, -0.1) is 11.3 Å². The predicted octanol–water partition coefficient (Wildman–Crippen LogP) is 6.02. The largest absolute Gasteiger partial charge is 0.493 e. The van der Waals surface area contributed by atoms with E-state index in [1.165, 1.54) is 4.90 Å². The van der Waals surface area contributed by atoms with Crippen molar-refractivity contribution in [3.63, 3.8) is 0 Å². The molecule has 0 radical (unpaired) electrons. The summed E-state index contributed by atoms with van der Waals surface area (Å²) < 4.78 is 11.7. The number of carbonyl (C=O) groups is 3. The zero-order valence-electron chi connectivity index (χ0n) is 27.9. The molecule has 47 heavy (non-hydrogen) atoms. The molecule has 3 N–H and O–H groups in total. The number of thiazole rings is 1. The molecular weight excluding hydrogens is 620 g/mol. The van der Waals surface area contributed by atoms with E-state index >= 15 is 0 Å². The van der Waals surface area contributed by atoms with Crippen molar-refractivity contribution >= 4 is 29.1 Å². The number of nitrogens with zero attached hydrogens (tertiary/aromatic N) is 3. The van der Waals surface area contributed by atoms with Crippen LogP contribution in [0.15, 0.2) is 34.3 Å². The fourth-order valence-corrected chi connectivity index (χ4v) is 6.85. The summed E-state index contributed by atoms with van der Waals surface area (Å²) in [5.41, 5.74) is 5.24. The summed E-state index contributed by atoms with van der Waals surface area (Å²) in [6.07, 6.45) is 6.31. The molecule has 0 spiro atoms. The van der Waals surface area contributed by atoms with Crippen molar-refractivity contribution in [1.82, 2.24) is 20.4 Å². The highest BCUT2D eigenvalue weighted by atomic mass is 32.1. The van der Waals surface area contributed by atoms with Gasteiger partial charge in [0, 0.05) is 37.6 Å². The molecule has 1 aliphatic heterocycles. The zero-order valence-corrected chi connectivity index (χ0v) is 28.7. The fraction of sp³-hybridized carbons (Fsp3) is 0.571. The lowest BCUT2D eigenvalue weighted by Crippen LogP contribution is -2.48. The van der Waals surface area contributed by atoms with Crippen LogP contribution in [-0.4, -0.2) is 68.3 Å². The number of ether oxygens (including phenoxy) is 1. The van der Waals surface area contributed by atoms with E-state index in [0.29, 0.717) is 23.8 Å². The topological polar surface area (TPSA) is 155 Å². The van der Waals surface area contributed by atoms with E-state index in [-0.39, 0.29) is 43.7 Å². The number of β-amino-alcohol motifs (C(OH)–C–C–N with tert-alkyl or cyclic N) is 1. The third-order valence-electron chi connectivity index (χ3n) is 8.57. The van der Waals surface area contributed by atoms with Crippen LogP contribution in [0.5, 0.6) is 5.75 Å². The minimum Gasteiger partial charge on any atom is -0.493 e. The number of rotatable bonds is 18. The molecule has 11 nitrogen and oxygen atoms in total. The van der Waals surface area contributed by atoms with Gasteiger partial charge in [0.05, 0.1) is 34.5 Å². The Morgan fingerprint density at radius 1 is 1.09 bits per heavy atom. The van der Waals surface area contributed by atoms with E-state index in [2.05, 4.69) is 15.5 Å². The van der Waals surface area contributed by atoms with Crippen molar-refractivity contribution in [2.45, 2.75) is 110 Å². The van der Waals surface area contributed by atoms with E-state index in [4.69, 9.17) is 14.4 Å². The first-order chi connectivity index (χ1) is 22.5. The van der Waals surface area contributed by atoms with E-state index < -0.39 is 24.0 Å². The van der Waals surface area contributed by atoms with Crippen molar-refractivity contribution in [2.75, 3.05) is 13.2 Å². The number of aryl methyl sites for hydroxylation is 2. The maximum atomic E-state index is 13.7. The molecule has 0 saturated carbocycles. The molecule has 1 fully saturated rings. The van der Waals surface area contributed by atoms with Gasteiger partial charge in [0.2, 0.25) is 11.8 Å². The minimum atomic E-state index is -0.810. The third-order valence-corrected chi connectivity index (χ3v) is 9.55. The highest BCUT2D eigenvalue weighted by Gasteiger charge is 2.43. The molecule has 3 atom stereocenters. The molecule has 2 aromatic heterocycles. The van der Waals surface area contributed by atoms with Gasteiger partial charge >= 0.3 is 5.97 Å². The van der Waals surface area contributed by atoms with Gasteiger partial charge in [-0.3, -0.25) is 14.4 Å². The Morgan fingerprint density at radius 2 is 1.81 bits per heavy atom. The molecule has 12 heteroatoms. The van der Waals surface area contributed by atoms with Gasteiger partial charge in [-0.2, -0.15) is 0 Å². The number of aromatic nitrogens is 2. The second kappa shape index (κ2) is 17.4. The van der Waals surface area contributed by atoms with Crippen LogP contribution in [0.2, 0.25) is 0 Å². The number of carboxylic acid groups (broad SMARTS) is 1. The van der Waals surface area contributed by atoms with Gasteiger partial charge in [0.25, 0.3) is 0 Å². The fourth-order valence-electron chi connectivity index (χ4n) is 6.05. The molecule has 1 unspecified atom stereocenters. The number of carboxylic acids is 1. The van der Waals surface area contributed by atoms with Crippen molar-refractivity contribution < 1.29 is 33.9 Å². The first kappa shape index (κ1) is 36.1. The number of aliphatic carboxylic acids is 1. The Labute approximate surface area is 280 Å². The number of likely N-dealkylation sites (tertiary alicyclic amines) is 1. The Morgan fingerprint density at radius 3 is 2.45 bits per heavy atom. The summed E-state index contributed by atoms with van der Waals surface area (Å²) in [5, 5.41) is 26.2. The number of aliphatic hydroxyl groups excluding tert-OH is 1. The quantitative estimate of drug-likeness (QED) is 0.138. The number of unbranched alkanes of at least 4 members (excludes halogenated alkanes) is 6. The van der Waals surface area contributed by atoms with Gasteiger partial charge in [0.1, 0.15) is 23.5 Å². The number of aliphatic hydroxyl groups is 1. The smallest absolute Gasteiger partial charge is 0.303 e. The summed E-state index contributed by atoms with van der Waals surface area (Å²) in [4.78, 5) is 44.9. The van der Waals surface area contributed by atoms with Crippen LogP contribution in [0.1, 0.15) is 100 Å². The Hall–Kier alpha value is -3.77. The molecule has 1 saturated heterocycles. The van der Waals surface area contributed by atoms with Crippen molar-refractivity contribution in [1.29, 1.82) is 0 Å². The second-order valence-electron chi connectivity index (χ2n) is 12.8. The number of nitrogens with one attached hydrogen (secondary N) is 1. The van der Waals surface area contributed by atoms with Crippen LogP contribution in [0.25, 0.3) is 10.4 Å². The average Bonchev–Trinajstić information content (AvgIpc) is 3.76. The summed E-state index contributed by atoms with van der Waals surface area (Å²) in [6, 6.07) is 6.88. The first-order valence-electron chi connectivity index (χ1n) is 16.6. The van der Waals surface area contributed by atoms with Crippen molar-refractivity contribution in [3.05, 3.63) is 52.5 Å². The highest BCUT2D eigenvalue weighted by molar-refractivity contribution is 7.13. The van der Waals surface area contributed by atoms with Crippen LogP contribution in [0.3, 0.4) is 0 Å². The minimum absolute atomic E-state index is 0.0762. The lowest BCUT2D eigenvalue weighted by atomic mass is 9.91. The van der Waals surface area contributed by atoms with Crippen LogP contribution >= 0.6 is 11.3 Å². The molecule has 1 aromatic carbocycles. The molecule has 0 aliphatic carbocycles. The maximum Gasteiger partial charge on any atom is 0.303 e. The molecule has 2 amide bonds. The van der Waals surface area contributed by atoms with Crippen LogP contribution < -0.4 is 10.1 Å². The number of carbonyl (C=O) groups excluding carboxylic acids is 2. The molecule has 3 heterocycles. The average molecular weight is 669 g/mol. The van der Waals surface area contributed by atoms with Crippen LogP contribution in [0, 0.1) is 19.8 Å². The van der Waals surface area contributed by atoms with E-state index in [1.807, 2.05) is 44.5 Å². The van der Waals surface area contributed by atoms with Gasteiger partial charge in [-0.1, -0.05) is 63.2 Å². The summed E-state index contributed by atoms with van der Waals surface area (Å²) in [5.74, 6) is -0.902. The normalized spacial score (nSPS) is 16.9. The van der Waals surface area contributed by atoms with Crippen molar-refractivity contribution in [3.8, 4) is 16.2 Å². The number of hydrogen-bond acceptors (Lipinski definition) is 9. The zero-order chi connectivity index (χ0) is 33.9. The number of hydrogen-bond donors (Lipinski definition) is 3. The Bertz CT molecular complexity index is 1490. The lowest BCUT2D eigenvalue weighted by molar-refractivity contribution is -0.141. The number of amides is 2. The second-order valence-corrected chi connectivity index (χ2v) is 13.6. The molecule has 256 valence electrons. The summed E-state index contributed by atoms with van der Waals surface area (Å²) in [6.45, 7) is 8.42.